The van der Waals surface area contributed by atoms with Crippen LogP contribution >= 0.6 is 0 Å². The van der Waals surface area contributed by atoms with Gasteiger partial charge in [-0.3, -0.25) is 0 Å². The van der Waals surface area contributed by atoms with Crippen LogP contribution < -0.4 is 4.74 Å². The molecule has 1 heterocycles. The second-order valence-corrected chi connectivity index (χ2v) is 7.33. The van der Waals surface area contributed by atoms with E-state index in [-0.39, 0.29) is 23.6 Å². The van der Waals surface area contributed by atoms with Crippen molar-refractivity contribution in [3.05, 3.63) is 89.0 Å². The number of aryl methyl sites for hydroxylation is 1. The quantitative estimate of drug-likeness (QED) is 0.501. The van der Waals surface area contributed by atoms with Gasteiger partial charge in [-0.1, -0.05) is 36.4 Å². The molecule has 0 fully saturated rings. The lowest BCUT2D eigenvalue weighted by Gasteiger charge is -2.16. The molecule has 0 N–H and O–H groups in total. The van der Waals surface area contributed by atoms with E-state index in [1.165, 1.54) is 18.2 Å². The van der Waals surface area contributed by atoms with E-state index in [0.29, 0.717) is 6.61 Å². The van der Waals surface area contributed by atoms with E-state index in [2.05, 4.69) is 11.1 Å². The van der Waals surface area contributed by atoms with Crippen molar-refractivity contribution in [1.29, 1.82) is 0 Å². The topological polar surface area (TPSA) is 30.8 Å². The Kier molecular flexibility index (Phi) is 5.53. The molecule has 0 aliphatic carbocycles. The van der Waals surface area contributed by atoms with Crippen molar-refractivity contribution < 1.29 is 18.3 Å². The Hall–Kier alpha value is -3.21. The zero-order chi connectivity index (χ0) is 21.3. The fraction of sp³-hybridized carbons (Fsp3) is 0.240. The molecule has 154 valence electrons. The Bertz CT molecular complexity index is 1070. The zero-order valence-electron chi connectivity index (χ0n) is 17.2. The molecular weight excluding hydrogens is 384 g/mol. The normalized spacial score (nSPS) is 18.1. The van der Waals surface area contributed by atoms with Gasteiger partial charge in [-0.05, 0) is 67.3 Å². The monoisotopic (exact) mass is 407 g/mol. The predicted molar refractivity (Wildman–Crippen MR) is 114 cm³/mol. The van der Waals surface area contributed by atoms with Gasteiger partial charge in [-0.15, -0.1) is 0 Å². The molecular formula is C25H23F2NO2. The molecule has 5 heteroatoms. The highest BCUT2D eigenvalue weighted by Gasteiger charge is 2.32. The molecule has 1 aliphatic heterocycles. The van der Waals surface area contributed by atoms with Crippen molar-refractivity contribution in [2.75, 3.05) is 6.61 Å². The summed E-state index contributed by atoms with van der Waals surface area (Å²) in [5.74, 6) is -0.500. The lowest BCUT2D eigenvalue weighted by atomic mass is 9.94. The van der Waals surface area contributed by atoms with E-state index < -0.39 is 11.6 Å². The molecule has 0 unspecified atom stereocenters. The summed E-state index contributed by atoms with van der Waals surface area (Å²) in [5, 5.41) is 0. The average Bonchev–Trinajstić information content (AvgIpc) is 3.09. The maximum atomic E-state index is 14.1. The highest BCUT2D eigenvalue weighted by molar-refractivity contribution is 5.96. The lowest BCUT2D eigenvalue weighted by Crippen LogP contribution is -2.14. The third-order valence-electron chi connectivity index (χ3n) is 5.26. The molecule has 2 atom stereocenters. The number of ether oxygens (including phenoxy) is 2. The van der Waals surface area contributed by atoms with E-state index in [1.807, 2.05) is 57.2 Å². The van der Waals surface area contributed by atoms with Gasteiger partial charge in [0.15, 0.2) is 0 Å². The molecule has 0 spiro atoms. The zero-order valence-corrected chi connectivity index (χ0v) is 17.2. The number of nitrogens with zero attached hydrogens (tertiary/aromatic N) is 1. The number of hydrogen-bond acceptors (Lipinski definition) is 3. The number of halogens is 2. The molecule has 4 rings (SSSR count). The Balaban J connectivity index is 1.63. The van der Waals surface area contributed by atoms with Crippen molar-refractivity contribution in [3.8, 4) is 16.9 Å². The van der Waals surface area contributed by atoms with E-state index in [9.17, 15) is 8.78 Å². The first-order chi connectivity index (χ1) is 14.5. The minimum absolute atomic E-state index is 0.0121. The van der Waals surface area contributed by atoms with Crippen LogP contribution in [0.25, 0.3) is 11.1 Å². The van der Waals surface area contributed by atoms with Crippen LogP contribution in [0, 0.1) is 18.6 Å². The molecule has 0 amide bonds. The summed E-state index contributed by atoms with van der Waals surface area (Å²) in [6.07, 6.45) is -0.325. The maximum absolute atomic E-state index is 14.1. The Morgan fingerprint density at radius 2 is 1.63 bits per heavy atom. The fourth-order valence-corrected chi connectivity index (χ4v) is 3.75. The molecule has 3 aromatic carbocycles. The summed E-state index contributed by atoms with van der Waals surface area (Å²) in [6.45, 7) is 6.46. The number of hydrogen-bond donors (Lipinski definition) is 0. The van der Waals surface area contributed by atoms with Gasteiger partial charge in [-0.25, -0.2) is 13.8 Å². The summed E-state index contributed by atoms with van der Waals surface area (Å²) in [6, 6.07) is 17.5. The minimum atomic E-state index is -0.677. The van der Waals surface area contributed by atoms with Crippen LogP contribution in [0.2, 0.25) is 0 Å². The smallest absolute Gasteiger partial charge is 0.223 e. The molecule has 1 aliphatic rings. The van der Waals surface area contributed by atoms with Gasteiger partial charge in [0.25, 0.3) is 0 Å². The molecule has 3 aromatic rings. The van der Waals surface area contributed by atoms with Gasteiger partial charge in [0.1, 0.15) is 35.1 Å². The number of rotatable bonds is 5. The molecule has 0 saturated heterocycles. The number of benzene rings is 3. The summed E-state index contributed by atoms with van der Waals surface area (Å²) in [4.78, 5) is 4.52. The van der Waals surface area contributed by atoms with E-state index in [4.69, 9.17) is 9.47 Å². The van der Waals surface area contributed by atoms with Crippen molar-refractivity contribution in [3.63, 3.8) is 0 Å². The second kappa shape index (κ2) is 8.27. The largest absolute Gasteiger partial charge is 0.494 e. The van der Waals surface area contributed by atoms with Crippen LogP contribution in [-0.2, 0) is 4.74 Å². The van der Waals surface area contributed by atoms with Gasteiger partial charge >= 0.3 is 0 Å². The first kappa shape index (κ1) is 20.1. The summed E-state index contributed by atoms with van der Waals surface area (Å²) >= 11 is 0. The maximum Gasteiger partial charge on any atom is 0.223 e. The molecule has 30 heavy (non-hydrogen) atoms. The molecule has 0 bridgehead atoms. The SMILES string of the molecule is CCOc1ccc(-c2ccc([C@@H]3N=C(c4c(F)cccc4F)O[C@H]3C)c(C)c2)cc1. The van der Waals surface area contributed by atoms with Crippen molar-refractivity contribution in [1.82, 2.24) is 0 Å². The van der Waals surface area contributed by atoms with Crippen LogP contribution in [0.5, 0.6) is 5.75 Å². The van der Waals surface area contributed by atoms with Gasteiger partial charge in [0, 0.05) is 0 Å². The van der Waals surface area contributed by atoms with Gasteiger partial charge < -0.3 is 9.47 Å². The third-order valence-corrected chi connectivity index (χ3v) is 5.26. The molecule has 0 saturated carbocycles. The molecule has 0 radical (unpaired) electrons. The van der Waals surface area contributed by atoms with Gasteiger partial charge in [0.2, 0.25) is 5.90 Å². The van der Waals surface area contributed by atoms with Crippen molar-refractivity contribution >= 4 is 5.90 Å². The van der Waals surface area contributed by atoms with E-state index >= 15 is 0 Å². The Morgan fingerprint density at radius 1 is 0.967 bits per heavy atom. The second-order valence-electron chi connectivity index (χ2n) is 7.33. The summed E-state index contributed by atoms with van der Waals surface area (Å²) in [7, 11) is 0. The van der Waals surface area contributed by atoms with Crippen LogP contribution in [-0.4, -0.2) is 18.6 Å². The summed E-state index contributed by atoms with van der Waals surface area (Å²) in [5.41, 5.74) is 3.97. The predicted octanol–water partition coefficient (Wildman–Crippen LogP) is 6.25. The van der Waals surface area contributed by atoms with Crippen LogP contribution in [0.15, 0.2) is 65.7 Å². The van der Waals surface area contributed by atoms with Crippen LogP contribution in [0.1, 0.15) is 36.6 Å². The van der Waals surface area contributed by atoms with E-state index in [0.717, 1.165) is 28.0 Å². The Morgan fingerprint density at radius 3 is 2.27 bits per heavy atom. The van der Waals surface area contributed by atoms with Crippen molar-refractivity contribution in [2.45, 2.75) is 32.9 Å². The standard InChI is InChI=1S/C25H23F2NO2/c1-4-29-19-11-8-17(9-12-19)18-10-13-20(15(2)14-18)24-16(3)30-25(28-24)23-21(26)6-5-7-22(23)27/h5-14,16,24H,4H2,1-3H3/t16-,24+/m0/s1. The van der Waals surface area contributed by atoms with Gasteiger partial charge in [-0.2, -0.15) is 0 Å². The lowest BCUT2D eigenvalue weighted by molar-refractivity contribution is 0.212. The number of aliphatic imine (C=N–C) groups is 1. The summed E-state index contributed by atoms with van der Waals surface area (Å²) < 4.78 is 39.5. The highest BCUT2D eigenvalue weighted by atomic mass is 19.1. The first-order valence-corrected chi connectivity index (χ1v) is 10.0. The van der Waals surface area contributed by atoms with Crippen molar-refractivity contribution in [2.24, 2.45) is 4.99 Å². The van der Waals surface area contributed by atoms with Crippen LogP contribution in [0.4, 0.5) is 8.78 Å². The fourth-order valence-electron chi connectivity index (χ4n) is 3.75. The first-order valence-electron chi connectivity index (χ1n) is 10.0. The van der Waals surface area contributed by atoms with Gasteiger partial charge in [0.05, 0.1) is 6.61 Å². The molecule has 0 aromatic heterocycles. The Labute approximate surface area is 175 Å². The average molecular weight is 407 g/mol. The van der Waals surface area contributed by atoms with Crippen LogP contribution in [0.3, 0.4) is 0 Å². The highest BCUT2D eigenvalue weighted by Crippen LogP contribution is 2.35. The molecule has 3 nitrogen and oxygen atoms in total. The minimum Gasteiger partial charge on any atom is -0.494 e. The van der Waals surface area contributed by atoms with E-state index in [1.54, 1.807) is 0 Å². The third kappa shape index (κ3) is 3.80.